The topological polar surface area (TPSA) is 49.4 Å². The number of nitrogens with one attached hydrogen (secondary N) is 1. The van der Waals surface area contributed by atoms with Crippen LogP contribution in [0.25, 0.3) is 0 Å². The van der Waals surface area contributed by atoms with Gasteiger partial charge < -0.3 is 10.2 Å². The Bertz CT molecular complexity index is 823. The van der Waals surface area contributed by atoms with E-state index < -0.39 is 5.91 Å². The van der Waals surface area contributed by atoms with Crippen LogP contribution < -0.4 is 10.2 Å². The second-order valence-electron chi connectivity index (χ2n) is 5.73. The Kier molecular flexibility index (Phi) is 4.53. The lowest BCUT2D eigenvalue weighted by molar-refractivity contribution is -0.117. The molecule has 1 fully saturated rings. The summed E-state index contributed by atoms with van der Waals surface area (Å²) in [5.41, 5.74) is 1.67. The van der Waals surface area contributed by atoms with Crippen molar-refractivity contribution in [3.63, 3.8) is 0 Å². The molecule has 2 aromatic rings. The average Bonchev–Trinajstić information content (AvgIpc) is 2.96. The van der Waals surface area contributed by atoms with Crippen molar-refractivity contribution in [1.82, 2.24) is 0 Å². The number of hydrogen-bond donors (Lipinski definition) is 1. The summed E-state index contributed by atoms with van der Waals surface area (Å²) in [7, 11) is 0. The Hall–Kier alpha value is -2.40. The molecule has 2 aromatic carbocycles. The quantitative estimate of drug-likeness (QED) is 0.907. The van der Waals surface area contributed by atoms with E-state index in [1.54, 1.807) is 42.2 Å². The normalized spacial score (nSPS) is 14.1. The number of carbonyl (C=O) groups excluding carboxylic acids is 2. The molecule has 0 bridgehead atoms. The van der Waals surface area contributed by atoms with Crippen molar-refractivity contribution >= 4 is 34.8 Å². The fourth-order valence-electron chi connectivity index (χ4n) is 2.69. The van der Waals surface area contributed by atoms with Gasteiger partial charge in [0.1, 0.15) is 5.82 Å². The standard InChI is InChI=1S/C18H16ClFN2O2/c1-11-4-6-13(10-15(11)20)21-18(24)14-7-5-12(19)9-16(14)22-8-2-3-17(22)23/h4-7,9-10H,2-3,8H2,1H3,(H,21,24). The lowest BCUT2D eigenvalue weighted by atomic mass is 10.1. The fourth-order valence-corrected chi connectivity index (χ4v) is 2.86. The van der Waals surface area contributed by atoms with Gasteiger partial charge in [-0.1, -0.05) is 17.7 Å². The van der Waals surface area contributed by atoms with Gasteiger partial charge in [-0.3, -0.25) is 9.59 Å². The van der Waals surface area contributed by atoms with Crippen LogP contribution in [0.5, 0.6) is 0 Å². The van der Waals surface area contributed by atoms with E-state index in [9.17, 15) is 14.0 Å². The van der Waals surface area contributed by atoms with Crippen molar-refractivity contribution in [3.8, 4) is 0 Å². The second-order valence-corrected chi connectivity index (χ2v) is 6.16. The lowest BCUT2D eigenvalue weighted by Crippen LogP contribution is -2.27. The highest BCUT2D eigenvalue weighted by atomic mass is 35.5. The maximum absolute atomic E-state index is 13.6. The largest absolute Gasteiger partial charge is 0.322 e. The summed E-state index contributed by atoms with van der Waals surface area (Å²) in [6.07, 6.45) is 1.20. The summed E-state index contributed by atoms with van der Waals surface area (Å²) >= 11 is 6.03. The molecule has 0 spiro atoms. The molecule has 24 heavy (non-hydrogen) atoms. The number of rotatable bonds is 3. The Morgan fingerprint density at radius 3 is 2.71 bits per heavy atom. The Morgan fingerprint density at radius 2 is 2.04 bits per heavy atom. The first-order valence-corrected chi connectivity index (χ1v) is 8.01. The highest BCUT2D eigenvalue weighted by Gasteiger charge is 2.26. The number of benzene rings is 2. The predicted octanol–water partition coefficient (Wildman–Crippen LogP) is 4.17. The van der Waals surface area contributed by atoms with Gasteiger partial charge >= 0.3 is 0 Å². The number of aryl methyl sites for hydroxylation is 1. The van der Waals surface area contributed by atoms with Gasteiger partial charge in [-0.25, -0.2) is 4.39 Å². The number of nitrogens with zero attached hydrogens (tertiary/aromatic N) is 1. The van der Waals surface area contributed by atoms with Gasteiger partial charge in [-0.2, -0.15) is 0 Å². The minimum atomic E-state index is -0.412. The van der Waals surface area contributed by atoms with Gasteiger partial charge in [-0.15, -0.1) is 0 Å². The Labute approximate surface area is 144 Å². The van der Waals surface area contributed by atoms with Crippen LogP contribution >= 0.6 is 11.6 Å². The molecular weight excluding hydrogens is 331 g/mol. The highest BCUT2D eigenvalue weighted by molar-refractivity contribution is 6.31. The number of anilines is 2. The fraction of sp³-hybridized carbons (Fsp3) is 0.222. The predicted molar refractivity (Wildman–Crippen MR) is 92.1 cm³/mol. The zero-order valence-electron chi connectivity index (χ0n) is 13.1. The van der Waals surface area contributed by atoms with Crippen molar-refractivity contribution in [1.29, 1.82) is 0 Å². The van der Waals surface area contributed by atoms with E-state index in [0.717, 1.165) is 6.42 Å². The van der Waals surface area contributed by atoms with E-state index in [-0.39, 0.29) is 11.7 Å². The Morgan fingerprint density at radius 1 is 1.25 bits per heavy atom. The molecule has 3 rings (SSSR count). The van der Waals surface area contributed by atoms with E-state index in [1.807, 2.05) is 0 Å². The number of halogens is 2. The van der Waals surface area contributed by atoms with Crippen molar-refractivity contribution in [3.05, 3.63) is 58.4 Å². The molecule has 0 saturated carbocycles. The monoisotopic (exact) mass is 346 g/mol. The molecule has 6 heteroatoms. The lowest BCUT2D eigenvalue weighted by Gasteiger charge is -2.20. The first-order chi connectivity index (χ1) is 11.5. The van der Waals surface area contributed by atoms with Crippen LogP contribution in [-0.2, 0) is 4.79 Å². The summed E-state index contributed by atoms with van der Waals surface area (Å²) in [5, 5.41) is 3.11. The molecule has 0 atom stereocenters. The van der Waals surface area contributed by atoms with Gasteiger partial charge in [0, 0.05) is 23.7 Å². The van der Waals surface area contributed by atoms with Crippen LogP contribution in [0.4, 0.5) is 15.8 Å². The van der Waals surface area contributed by atoms with E-state index >= 15 is 0 Å². The average molecular weight is 347 g/mol. The van der Waals surface area contributed by atoms with Crippen LogP contribution in [-0.4, -0.2) is 18.4 Å². The molecule has 4 nitrogen and oxygen atoms in total. The first kappa shape index (κ1) is 16.5. The van der Waals surface area contributed by atoms with Gasteiger partial charge in [0.05, 0.1) is 11.3 Å². The number of amides is 2. The molecule has 124 valence electrons. The second kappa shape index (κ2) is 6.61. The summed E-state index contributed by atoms with van der Waals surface area (Å²) in [6, 6.07) is 9.27. The van der Waals surface area contributed by atoms with Crippen molar-refractivity contribution in [2.45, 2.75) is 19.8 Å². The van der Waals surface area contributed by atoms with Crippen LogP contribution in [0, 0.1) is 12.7 Å². The minimum Gasteiger partial charge on any atom is -0.322 e. The third-order valence-electron chi connectivity index (χ3n) is 4.00. The van der Waals surface area contributed by atoms with Crippen LogP contribution in [0.15, 0.2) is 36.4 Å². The van der Waals surface area contributed by atoms with Gasteiger partial charge in [-0.05, 0) is 49.2 Å². The maximum Gasteiger partial charge on any atom is 0.257 e. The molecule has 0 aromatic heterocycles. The van der Waals surface area contributed by atoms with Gasteiger partial charge in [0.2, 0.25) is 5.91 Å². The molecule has 1 aliphatic heterocycles. The third-order valence-corrected chi connectivity index (χ3v) is 4.23. The summed E-state index contributed by atoms with van der Waals surface area (Å²) in [4.78, 5) is 26.2. The number of carbonyl (C=O) groups is 2. The molecule has 1 N–H and O–H groups in total. The minimum absolute atomic E-state index is 0.0345. The molecular formula is C18H16ClFN2O2. The smallest absolute Gasteiger partial charge is 0.257 e. The SMILES string of the molecule is Cc1ccc(NC(=O)c2ccc(Cl)cc2N2CCCC2=O)cc1F. The summed E-state index contributed by atoms with van der Waals surface area (Å²) in [6.45, 7) is 2.20. The van der Waals surface area contributed by atoms with E-state index in [1.165, 1.54) is 6.07 Å². The molecule has 0 radical (unpaired) electrons. The van der Waals surface area contributed by atoms with E-state index in [0.29, 0.717) is 40.5 Å². The van der Waals surface area contributed by atoms with Gasteiger partial charge in [0.25, 0.3) is 5.91 Å². The molecule has 0 aliphatic carbocycles. The van der Waals surface area contributed by atoms with Crippen LogP contribution in [0.1, 0.15) is 28.8 Å². The van der Waals surface area contributed by atoms with Crippen LogP contribution in [0.2, 0.25) is 5.02 Å². The summed E-state index contributed by atoms with van der Waals surface area (Å²) in [5.74, 6) is -0.837. The molecule has 1 saturated heterocycles. The Balaban J connectivity index is 1.91. The maximum atomic E-state index is 13.6. The molecule has 1 heterocycles. The highest BCUT2D eigenvalue weighted by Crippen LogP contribution is 2.29. The zero-order valence-corrected chi connectivity index (χ0v) is 13.9. The van der Waals surface area contributed by atoms with Crippen molar-refractivity contribution in [2.75, 3.05) is 16.8 Å². The van der Waals surface area contributed by atoms with E-state index in [2.05, 4.69) is 5.32 Å². The number of hydrogen-bond acceptors (Lipinski definition) is 2. The first-order valence-electron chi connectivity index (χ1n) is 7.63. The zero-order chi connectivity index (χ0) is 17.3. The van der Waals surface area contributed by atoms with E-state index in [4.69, 9.17) is 11.6 Å². The molecule has 2 amide bonds. The van der Waals surface area contributed by atoms with Crippen molar-refractivity contribution < 1.29 is 14.0 Å². The van der Waals surface area contributed by atoms with Crippen molar-refractivity contribution in [2.24, 2.45) is 0 Å². The third kappa shape index (κ3) is 3.26. The molecule has 0 unspecified atom stereocenters. The molecule has 1 aliphatic rings. The summed E-state index contributed by atoms with van der Waals surface area (Å²) < 4.78 is 13.6. The van der Waals surface area contributed by atoms with Gasteiger partial charge in [0.15, 0.2) is 0 Å². The van der Waals surface area contributed by atoms with Crippen LogP contribution in [0.3, 0.4) is 0 Å².